The standard InChI is InChI=1S/C8H18N2O3S/c1-8(9)2-7-14(11,12)10-3-5-13-6-4-10/h8H,2-7,9H2,1H3. The molecule has 6 heteroatoms. The number of nitrogens with two attached hydrogens (primary N) is 1. The Hall–Kier alpha value is -0.170. The van der Waals surface area contributed by atoms with Crippen LogP contribution in [0.25, 0.3) is 0 Å². The van der Waals surface area contributed by atoms with E-state index < -0.39 is 10.0 Å². The van der Waals surface area contributed by atoms with Crippen LogP contribution in [0.4, 0.5) is 0 Å². The summed E-state index contributed by atoms with van der Waals surface area (Å²) in [4.78, 5) is 0. The molecule has 14 heavy (non-hydrogen) atoms. The maximum Gasteiger partial charge on any atom is 0.214 e. The molecule has 0 aromatic rings. The number of hydrogen-bond acceptors (Lipinski definition) is 4. The Labute approximate surface area is 85.3 Å². The van der Waals surface area contributed by atoms with Gasteiger partial charge < -0.3 is 10.5 Å². The Morgan fingerprint density at radius 1 is 1.43 bits per heavy atom. The number of hydrogen-bond donors (Lipinski definition) is 1. The lowest BCUT2D eigenvalue weighted by atomic mass is 10.3. The Morgan fingerprint density at radius 3 is 2.50 bits per heavy atom. The molecule has 0 saturated carbocycles. The second kappa shape index (κ2) is 5.06. The fourth-order valence-electron chi connectivity index (χ4n) is 1.29. The molecule has 0 radical (unpaired) electrons. The minimum absolute atomic E-state index is 0.0641. The van der Waals surface area contributed by atoms with Gasteiger partial charge in [0.25, 0.3) is 0 Å². The maximum absolute atomic E-state index is 11.7. The first-order chi connectivity index (χ1) is 6.52. The first kappa shape index (κ1) is 11.9. The number of ether oxygens (including phenoxy) is 1. The third-order valence-electron chi connectivity index (χ3n) is 2.19. The summed E-state index contributed by atoms with van der Waals surface area (Å²) in [5.74, 6) is 0.144. The lowest BCUT2D eigenvalue weighted by molar-refractivity contribution is 0.0730. The average Bonchev–Trinajstić information content (AvgIpc) is 2.16. The molecule has 1 fully saturated rings. The molecule has 1 aliphatic rings. The van der Waals surface area contributed by atoms with Gasteiger partial charge in [-0.25, -0.2) is 8.42 Å². The molecule has 84 valence electrons. The predicted octanol–water partition coefficient (Wildman–Crippen LogP) is -0.614. The van der Waals surface area contributed by atoms with Crippen LogP contribution >= 0.6 is 0 Å². The van der Waals surface area contributed by atoms with E-state index in [1.807, 2.05) is 6.92 Å². The largest absolute Gasteiger partial charge is 0.379 e. The van der Waals surface area contributed by atoms with Crippen LogP contribution < -0.4 is 5.73 Å². The van der Waals surface area contributed by atoms with E-state index in [0.717, 1.165) is 0 Å². The van der Waals surface area contributed by atoms with E-state index in [9.17, 15) is 8.42 Å². The number of nitrogens with zero attached hydrogens (tertiary/aromatic N) is 1. The van der Waals surface area contributed by atoms with Crippen LogP contribution in [-0.4, -0.2) is 50.8 Å². The van der Waals surface area contributed by atoms with Crippen LogP contribution in [0, 0.1) is 0 Å². The quantitative estimate of drug-likeness (QED) is 0.688. The van der Waals surface area contributed by atoms with Crippen LogP contribution in [0.5, 0.6) is 0 Å². The van der Waals surface area contributed by atoms with E-state index in [1.165, 1.54) is 4.31 Å². The van der Waals surface area contributed by atoms with Crippen molar-refractivity contribution in [3.63, 3.8) is 0 Å². The third kappa shape index (κ3) is 3.53. The van der Waals surface area contributed by atoms with Crippen molar-refractivity contribution in [2.75, 3.05) is 32.1 Å². The van der Waals surface area contributed by atoms with Gasteiger partial charge in [0, 0.05) is 19.1 Å². The van der Waals surface area contributed by atoms with Gasteiger partial charge in [-0.15, -0.1) is 0 Å². The molecule has 0 aliphatic carbocycles. The second-order valence-electron chi connectivity index (χ2n) is 3.59. The van der Waals surface area contributed by atoms with Gasteiger partial charge in [0.1, 0.15) is 0 Å². The Morgan fingerprint density at radius 2 is 2.00 bits per heavy atom. The monoisotopic (exact) mass is 222 g/mol. The highest BCUT2D eigenvalue weighted by molar-refractivity contribution is 7.89. The molecule has 0 amide bonds. The van der Waals surface area contributed by atoms with Gasteiger partial charge in [-0.1, -0.05) is 0 Å². The van der Waals surface area contributed by atoms with Crippen LogP contribution in [0.1, 0.15) is 13.3 Å². The fourth-order valence-corrected chi connectivity index (χ4v) is 2.92. The molecule has 1 aliphatic heterocycles. The zero-order valence-electron chi connectivity index (χ0n) is 8.48. The molecule has 0 spiro atoms. The molecule has 0 aromatic carbocycles. The summed E-state index contributed by atoms with van der Waals surface area (Å²) in [5, 5.41) is 0. The topological polar surface area (TPSA) is 72.6 Å². The number of morpholine rings is 1. The van der Waals surface area contributed by atoms with Crippen LogP contribution in [0.2, 0.25) is 0 Å². The van der Waals surface area contributed by atoms with Crippen LogP contribution in [0.3, 0.4) is 0 Å². The minimum atomic E-state index is -3.11. The lowest BCUT2D eigenvalue weighted by Gasteiger charge is -2.26. The van der Waals surface area contributed by atoms with Gasteiger partial charge in [-0.3, -0.25) is 0 Å². The number of sulfonamides is 1. The number of rotatable bonds is 4. The first-order valence-corrected chi connectivity index (χ1v) is 6.44. The van der Waals surface area contributed by atoms with Crippen LogP contribution in [0.15, 0.2) is 0 Å². The highest BCUT2D eigenvalue weighted by Gasteiger charge is 2.23. The Kier molecular flexibility index (Phi) is 4.31. The van der Waals surface area contributed by atoms with Crippen molar-refractivity contribution in [3.05, 3.63) is 0 Å². The Bertz CT molecular complexity index is 258. The van der Waals surface area contributed by atoms with E-state index in [-0.39, 0.29) is 11.8 Å². The SMILES string of the molecule is CC(N)CCS(=O)(=O)N1CCOCC1. The Balaban J connectivity index is 2.46. The highest BCUT2D eigenvalue weighted by Crippen LogP contribution is 2.07. The predicted molar refractivity (Wildman–Crippen MR) is 54.4 cm³/mol. The first-order valence-electron chi connectivity index (χ1n) is 4.83. The summed E-state index contributed by atoms with van der Waals surface area (Å²) in [6.45, 7) is 3.76. The molecule has 0 aromatic heterocycles. The van der Waals surface area contributed by atoms with Gasteiger partial charge in [0.2, 0.25) is 10.0 Å². The highest BCUT2D eigenvalue weighted by atomic mass is 32.2. The van der Waals surface area contributed by atoms with Crippen molar-refractivity contribution in [1.82, 2.24) is 4.31 Å². The third-order valence-corrected chi connectivity index (χ3v) is 4.10. The molecule has 1 heterocycles. The second-order valence-corrected chi connectivity index (χ2v) is 5.68. The molecule has 1 atom stereocenters. The molecular weight excluding hydrogens is 204 g/mol. The van der Waals surface area contributed by atoms with Crippen molar-refractivity contribution in [2.45, 2.75) is 19.4 Å². The smallest absolute Gasteiger partial charge is 0.214 e. The van der Waals surface area contributed by atoms with E-state index >= 15 is 0 Å². The van der Waals surface area contributed by atoms with E-state index in [2.05, 4.69) is 0 Å². The van der Waals surface area contributed by atoms with Gasteiger partial charge in [0.15, 0.2) is 0 Å². The van der Waals surface area contributed by atoms with Crippen molar-refractivity contribution in [2.24, 2.45) is 5.73 Å². The van der Waals surface area contributed by atoms with Crippen molar-refractivity contribution >= 4 is 10.0 Å². The summed E-state index contributed by atoms with van der Waals surface area (Å²) in [6.07, 6.45) is 0.514. The van der Waals surface area contributed by atoms with E-state index in [4.69, 9.17) is 10.5 Å². The lowest BCUT2D eigenvalue weighted by Crippen LogP contribution is -2.42. The molecule has 2 N–H and O–H groups in total. The summed E-state index contributed by atoms with van der Waals surface area (Å²) in [5.41, 5.74) is 5.52. The molecule has 5 nitrogen and oxygen atoms in total. The van der Waals surface area contributed by atoms with E-state index in [1.54, 1.807) is 0 Å². The minimum Gasteiger partial charge on any atom is -0.379 e. The van der Waals surface area contributed by atoms with Gasteiger partial charge >= 0.3 is 0 Å². The van der Waals surface area contributed by atoms with Gasteiger partial charge in [-0.2, -0.15) is 4.31 Å². The van der Waals surface area contributed by atoms with Crippen molar-refractivity contribution in [1.29, 1.82) is 0 Å². The van der Waals surface area contributed by atoms with Crippen molar-refractivity contribution < 1.29 is 13.2 Å². The summed E-state index contributed by atoms with van der Waals surface area (Å²) >= 11 is 0. The maximum atomic E-state index is 11.7. The fraction of sp³-hybridized carbons (Fsp3) is 1.00. The molecule has 0 bridgehead atoms. The van der Waals surface area contributed by atoms with Crippen LogP contribution in [-0.2, 0) is 14.8 Å². The average molecular weight is 222 g/mol. The molecule has 1 rings (SSSR count). The summed E-state index contributed by atoms with van der Waals surface area (Å²) in [6, 6.07) is -0.0641. The van der Waals surface area contributed by atoms with E-state index in [0.29, 0.717) is 32.7 Å². The normalized spacial score (nSPS) is 22.1. The molecule has 1 saturated heterocycles. The summed E-state index contributed by atoms with van der Waals surface area (Å²) in [7, 11) is -3.11. The zero-order valence-corrected chi connectivity index (χ0v) is 9.29. The molecular formula is C8H18N2O3S. The molecule has 1 unspecified atom stereocenters. The zero-order chi connectivity index (χ0) is 10.6. The summed E-state index contributed by atoms with van der Waals surface area (Å²) < 4.78 is 30.0. The van der Waals surface area contributed by atoms with Gasteiger partial charge in [-0.05, 0) is 13.3 Å². The van der Waals surface area contributed by atoms with Crippen molar-refractivity contribution in [3.8, 4) is 0 Å². The van der Waals surface area contributed by atoms with Gasteiger partial charge in [0.05, 0.1) is 19.0 Å².